The molecule has 0 aliphatic rings. The Kier molecular flexibility index (Phi) is 7.18. The van der Waals surface area contributed by atoms with Crippen LogP contribution in [0.1, 0.15) is 33.1 Å². The summed E-state index contributed by atoms with van der Waals surface area (Å²) < 4.78 is 5.66. The fourth-order valence-corrected chi connectivity index (χ4v) is 1.78. The zero-order valence-corrected chi connectivity index (χ0v) is 11.5. The molecule has 0 saturated carbocycles. The van der Waals surface area contributed by atoms with Gasteiger partial charge in [-0.25, -0.2) is 4.98 Å². The van der Waals surface area contributed by atoms with E-state index in [4.69, 9.17) is 10.5 Å². The number of pyridine rings is 1. The van der Waals surface area contributed by atoms with Crippen molar-refractivity contribution in [1.29, 1.82) is 0 Å². The molecule has 0 aliphatic carbocycles. The highest BCUT2D eigenvalue weighted by atomic mass is 16.5. The van der Waals surface area contributed by atoms with Gasteiger partial charge in [0.15, 0.2) is 11.6 Å². The number of nitrogens with two attached hydrogens (primary N) is 1. The van der Waals surface area contributed by atoms with Gasteiger partial charge in [-0.2, -0.15) is 0 Å². The summed E-state index contributed by atoms with van der Waals surface area (Å²) in [6.07, 6.45) is 4.95. The summed E-state index contributed by atoms with van der Waals surface area (Å²) in [6, 6.07) is 3.85. The molecule has 0 radical (unpaired) electrons. The Morgan fingerprint density at radius 3 is 2.94 bits per heavy atom. The molecule has 1 unspecified atom stereocenters. The third kappa shape index (κ3) is 4.92. The van der Waals surface area contributed by atoms with Crippen LogP contribution >= 0.6 is 0 Å². The number of nitrogens with zero attached hydrogens (tertiary/aromatic N) is 1. The fourth-order valence-electron chi connectivity index (χ4n) is 1.78. The van der Waals surface area contributed by atoms with Gasteiger partial charge in [-0.05, 0) is 37.4 Å². The van der Waals surface area contributed by atoms with E-state index in [9.17, 15) is 0 Å². The van der Waals surface area contributed by atoms with Gasteiger partial charge >= 0.3 is 0 Å². The van der Waals surface area contributed by atoms with Gasteiger partial charge in [0.05, 0.1) is 6.61 Å². The first-order chi connectivity index (χ1) is 8.81. The zero-order chi connectivity index (χ0) is 13.2. The molecule has 4 heteroatoms. The lowest BCUT2D eigenvalue weighted by molar-refractivity contribution is 0.317. The Labute approximate surface area is 110 Å². The zero-order valence-electron chi connectivity index (χ0n) is 11.5. The van der Waals surface area contributed by atoms with Crippen LogP contribution in [0.2, 0.25) is 0 Å². The second kappa shape index (κ2) is 8.75. The largest absolute Gasteiger partial charge is 0.490 e. The average molecular weight is 251 g/mol. The lowest BCUT2D eigenvalue weighted by Gasteiger charge is -2.16. The molecule has 0 spiro atoms. The molecule has 1 heterocycles. The number of rotatable bonds is 9. The lowest BCUT2D eigenvalue weighted by Crippen LogP contribution is -2.18. The molecular weight excluding hydrogens is 226 g/mol. The molecule has 0 saturated heterocycles. The maximum Gasteiger partial charge on any atom is 0.168 e. The molecule has 0 aliphatic heterocycles. The minimum Gasteiger partial charge on any atom is -0.490 e. The normalized spacial score (nSPS) is 12.2. The van der Waals surface area contributed by atoms with E-state index in [0.717, 1.165) is 50.5 Å². The standard InChI is InChI=1S/C14H25N3O/c1-3-10-18-13-6-5-9-16-14(13)17-11-12(4-2)7-8-15/h5-6,9,12H,3-4,7-8,10-11,15H2,1-2H3,(H,16,17). The number of anilines is 1. The van der Waals surface area contributed by atoms with Crippen molar-refractivity contribution >= 4 is 5.82 Å². The Morgan fingerprint density at radius 1 is 1.44 bits per heavy atom. The third-order valence-electron chi connectivity index (χ3n) is 2.94. The maximum absolute atomic E-state index is 5.66. The van der Waals surface area contributed by atoms with Gasteiger partial charge in [0.2, 0.25) is 0 Å². The van der Waals surface area contributed by atoms with Gasteiger partial charge in [0.25, 0.3) is 0 Å². The summed E-state index contributed by atoms with van der Waals surface area (Å²) in [7, 11) is 0. The van der Waals surface area contributed by atoms with E-state index in [1.807, 2.05) is 12.1 Å². The van der Waals surface area contributed by atoms with Crippen LogP contribution in [0, 0.1) is 5.92 Å². The summed E-state index contributed by atoms with van der Waals surface area (Å²) in [4.78, 5) is 4.33. The number of hydrogen-bond donors (Lipinski definition) is 2. The van der Waals surface area contributed by atoms with Crippen molar-refractivity contribution in [3.05, 3.63) is 18.3 Å². The van der Waals surface area contributed by atoms with Crippen molar-refractivity contribution in [3.63, 3.8) is 0 Å². The summed E-state index contributed by atoms with van der Waals surface area (Å²) in [6.45, 7) is 6.64. The van der Waals surface area contributed by atoms with Crippen molar-refractivity contribution in [2.75, 3.05) is 25.0 Å². The number of aromatic nitrogens is 1. The smallest absolute Gasteiger partial charge is 0.168 e. The van der Waals surface area contributed by atoms with Crippen LogP contribution < -0.4 is 15.8 Å². The van der Waals surface area contributed by atoms with Crippen molar-refractivity contribution in [2.24, 2.45) is 11.7 Å². The van der Waals surface area contributed by atoms with Crippen LogP contribution in [-0.4, -0.2) is 24.7 Å². The minimum atomic E-state index is 0.594. The Balaban J connectivity index is 2.54. The van der Waals surface area contributed by atoms with Crippen molar-refractivity contribution < 1.29 is 4.74 Å². The Bertz CT molecular complexity index is 331. The molecule has 0 amide bonds. The third-order valence-corrected chi connectivity index (χ3v) is 2.94. The van der Waals surface area contributed by atoms with Crippen LogP contribution in [0.15, 0.2) is 18.3 Å². The molecule has 0 aromatic carbocycles. The van der Waals surface area contributed by atoms with E-state index >= 15 is 0 Å². The predicted octanol–water partition coefficient (Wildman–Crippen LogP) is 2.66. The first-order valence-corrected chi connectivity index (χ1v) is 6.83. The molecule has 1 aromatic heterocycles. The van der Waals surface area contributed by atoms with Crippen molar-refractivity contribution in [2.45, 2.75) is 33.1 Å². The van der Waals surface area contributed by atoms with Crippen LogP contribution in [0.3, 0.4) is 0 Å². The van der Waals surface area contributed by atoms with E-state index < -0.39 is 0 Å². The highest BCUT2D eigenvalue weighted by molar-refractivity contribution is 5.49. The van der Waals surface area contributed by atoms with E-state index in [-0.39, 0.29) is 0 Å². The van der Waals surface area contributed by atoms with Gasteiger partial charge < -0.3 is 15.8 Å². The van der Waals surface area contributed by atoms with Crippen molar-refractivity contribution in [1.82, 2.24) is 4.98 Å². The van der Waals surface area contributed by atoms with Gasteiger partial charge in [0.1, 0.15) is 0 Å². The van der Waals surface area contributed by atoms with Crippen molar-refractivity contribution in [3.8, 4) is 5.75 Å². The Morgan fingerprint density at radius 2 is 2.28 bits per heavy atom. The monoisotopic (exact) mass is 251 g/mol. The summed E-state index contributed by atoms with van der Waals surface area (Å²) >= 11 is 0. The van der Waals surface area contributed by atoms with Crippen LogP contribution in [0.4, 0.5) is 5.82 Å². The molecule has 3 N–H and O–H groups in total. The quantitative estimate of drug-likeness (QED) is 0.708. The first kappa shape index (κ1) is 14.8. The molecule has 0 fully saturated rings. The molecular formula is C14H25N3O. The predicted molar refractivity (Wildman–Crippen MR) is 76.0 cm³/mol. The van der Waals surface area contributed by atoms with Gasteiger partial charge in [-0.15, -0.1) is 0 Å². The number of hydrogen-bond acceptors (Lipinski definition) is 4. The van der Waals surface area contributed by atoms with Gasteiger partial charge in [0, 0.05) is 12.7 Å². The second-order valence-electron chi connectivity index (χ2n) is 4.43. The fraction of sp³-hybridized carbons (Fsp3) is 0.643. The van der Waals surface area contributed by atoms with E-state index in [0.29, 0.717) is 5.92 Å². The summed E-state index contributed by atoms with van der Waals surface area (Å²) in [5, 5.41) is 3.37. The van der Waals surface area contributed by atoms with Gasteiger partial charge in [-0.3, -0.25) is 0 Å². The molecule has 18 heavy (non-hydrogen) atoms. The maximum atomic E-state index is 5.66. The second-order valence-corrected chi connectivity index (χ2v) is 4.43. The van der Waals surface area contributed by atoms with E-state index in [2.05, 4.69) is 24.1 Å². The molecule has 1 atom stereocenters. The van der Waals surface area contributed by atoms with Crippen LogP contribution in [-0.2, 0) is 0 Å². The first-order valence-electron chi connectivity index (χ1n) is 6.83. The molecule has 1 aromatic rings. The molecule has 0 bridgehead atoms. The topological polar surface area (TPSA) is 60.2 Å². The molecule has 1 rings (SSSR count). The lowest BCUT2D eigenvalue weighted by atomic mass is 10.0. The van der Waals surface area contributed by atoms with Gasteiger partial charge in [-0.1, -0.05) is 20.3 Å². The highest BCUT2D eigenvalue weighted by Crippen LogP contribution is 2.21. The summed E-state index contributed by atoms with van der Waals surface area (Å²) in [5.41, 5.74) is 5.60. The van der Waals surface area contributed by atoms with Crippen LogP contribution in [0.5, 0.6) is 5.75 Å². The molecule has 4 nitrogen and oxygen atoms in total. The highest BCUT2D eigenvalue weighted by Gasteiger charge is 2.08. The Hall–Kier alpha value is -1.29. The number of nitrogens with one attached hydrogen (secondary N) is 1. The minimum absolute atomic E-state index is 0.594. The summed E-state index contributed by atoms with van der Waals surface area (Å²) in [5.74, 6) is 2.26. The van der Waals surface area contributed by atoms with E-state index in [1.165, 1.54) is 0 Å². The average Bonchev–Trinajstić information content (AvgIpc) is 2.42. The molecule has 102 valence electrons. The van der Waals surface area contributed by atoms with Crippen LogP contribution in [0.25, 0.3) is 0 Å². The SMILES string of the molecule is CCCOc1cccnc1NCC(CC)CCN. The van der Waals surface area contributed by atoms with E-state index in [1.54, 1.807) is 6.20 Å². The number of ether oxygens (including phenoxy) is 1.